The highest BCUT2D eigenvalue weighted by Gasteiger charge is 2.34. The summed E-state index contributed by atoms with van der Waals surface area (Å²) < 4.78 is 5.21. The lowest BCUT2D eigenvalue weighted by molar-refractivity contribution is 0.165. The molecule has 0 unspecified atom stereocenters. The lowest BCUT2D eigenvalue weighted by Crippen LogP contribution is -2.33. The number of carbonyl (C=O) groups is 1. The van der Waals surface area contributed by atoms with Gasteiger partial charge in [-0.2, -0.15) is 0 Å². The van der Waals surface area contributed by atoms with Gasteiger partial charge in [-0.05, 0) is 24.5 Å². The van der Waals surface area contributed by atoms with Gasteiger partial charge in [0.15, 0.2) is 0 Å². The van der Waals surface area contributed by atoms with Crippen LogP contribution in [0.3, 0.4) is 0 Å². The van der Waals surface area contributed by atoms with Gasteiger partial charge in [-0.25, -0.2) is 4.79 Å². The maximum atomic E-state index is 12.0. The number of amides is 1. The second kappa shape index (κ2) is 6.94. The van der Waals surface area contributed by atoms with Gasteiger partial charge in [-0.15, -0.1) is 0 Å². The standard InChI is InChI=1S/C17H21NO2/c1-3-5-11-15(4-2)18-16(13-20-17(18)19)12-14-9-7-6-8-10-14/h4,6-11,16H,2-3,5,12-13H2,1H3/b15-11+/t16-/m1/s1. The highest BCUT2D eigenvalue weighted by Crippen LogP contribution is 2.23. The Hall–Kier alpha value is -2.03. The molecule has 2 rings (SSSR count). The van der Waals surface area contributed by atoms with Gasteiger partial charge in [-0.1, -0.05) is 56.3 Å². The molecular weight excluding hydrogens is 250 g/mol. The number of hydrogen-bond donors (Lipinski definition) is 0. The Labute approximate surface area is 120 Å². The van der Waals surface area contributed by atoms with Gasteiger partial charge in [-0.3, -0.25) is 4.90 Å². The Morgan fingerprint density at radius 2 is 2.20 bits per heavy atom. The molecule has 20 heavy (non-hydrogen) atoms. The van der Waals surface area contributed by atoms with Crippen molar-refractivity contribution in [3.05, 3.63) is 60.3 Å². The largest absolute Gasteiger partial charge is 0.447 e. The van der Waals surface area contributed by atoms with Crippen LogP contribution in [-0.2, 0) is 11.2 Å². The summed E-state index contributed by atoms with van der Waals surface area (Å²) in [4.78, 5) is 13.7. The second-order valence-corrected chi connectivity index (χ2v) is 4.91. The average molecular weight is 271 g/mol. The highest BCUT2D eigenvalue weighted by atomic mass is 16.6. The molecule has 3 nitrogen and oxygen atoms in total. The minimum absolute atomic E-state index is 0.0472. The van der Waals surface area contributed by atoms with Gasteiger partial charge in [0.05, 0.1) is 6.04 Å². The number of carbonyl (C=O) groups excluding carboxylic acids is 1. The van der Waals surface area contributed by atoms with Crippen LogP contribution in [0.15, 0.2) is 54.8 Å². The molecule has 0 aliphatic carbocycles. The Bertz CT molecular complexity index is 493. The van der Waals surface area contributed by atoms with E-state index in [1.807, 2.05) is 18.2 Å². The van der Waals surface area contributed by atoms with Crippen LogP contribution in [0, 0.1) is 0 Å². The van der Waals surface area contributed by atoms with E-state index in [0.29, 0.717) is 6.61 Å². The van der Waals surface area contributed by atoms with Crippen molar-refractivity contribution in [1.82, 2.24) is 4.90 Å². The molecule has 1 aromatic carbocycles. The fourth-order valence-corrected chi connectivity index (χ4v) is 2.39. The van der Waals surface area contributed by atoms with Crippen LogP contribution in [-0.4, -0.2) is 23.6 Å². The number of benzene rings is 1. The van der Waals surface area contributed by atoms with E-state index < -0.39 is 0 Å². The summed E-state index contributed by atoms with van der Waals surface area (Å²) in [5, 5.41) is 0. The Balaban J connectivity index is 2.15. The van der Waals surface area contributed by atoms with Crippen LogP contribution in [0.1, 0.15) is 25.3 Å². The Morgan fingerprint density at radius 3 is 2.85 bits per heavy atom. The SMILES string of the molecule is C=C/C(=C\CCC)N1C(=O)OC[C@H]1Cc1ccccc1. The number of unbranched alkanes of at least 4 members (excludes halogenated alkanes) is 1. The summed E-state index contributed by atoms with van der Waals surface area (Å²) in [6, 6.07) is 10.2. The average Bonchev–Trinajstić information content (AvgIpc) is 2.83. The molecule has 1 fully saturated rings. The fourth-order valence-electron chi connectivity index (χ4n) is 2.39. The lowest BCUT2D eigenvalue weighted by Gasteiger charge is -2.22. The molecule has 1 aliphatic heterocycles. The second-order valence-electron chi connectivity index (χ2n) is 4.91. The maximum absolute atomic E-state index is 12.0. The molecule has 1 aromatic rings. The monoisotopic (exact) mass is 271 g/mol. The molecule has 0 saturated carbocycles. The normalized spacial score (nSPS) is 19.1. The summed E-state index contributed by atoms with van der Waals surface area (Å²) >= 11 is 0. The van der Waals surface area contributed by atoms with Crippen molar-refractivity contribution in [3.63, 3.8) is 0 Å². The van der Waals surface area contributed by atoms with E-state index in [1.165, 1.54) is 5.56 Å². The Kier molecular flexibility index (Phi) is 4.99. The molecule has 0 aromatic heterocycles. The van der Waals surface area contributed by atoms with E-state index in [4.69, 9.17) is 4.74 Å². The van der Waals surface area contributed by atoms with Crippen molar-refractivity contribution in [2.24, 2.45) is 0 Å². The van der Waals surface area contributed by atoms with E-state index in [1.54, 1.807) is 11.0 Å². The third-order valence-corrected chi connectivity index (χ3v) is 3.40. The first-order chi connectivity index (χ1) is 9.76. The zero-order valence-electron chi connectivity index (χ0n) is 11.9. The molecule has 0 bridgehead atoms. The number of allylic oxidation sites excluding steroid dienone is 2. The molecule has 0 radical (unpaired) electrons. The van der Waals surface area contributed by atoms with Crippen LogP contribution in [0.2, 0.25) is 0 Å². The predicted octanol–water partition coefficient (Wildman–Crippen LogP) is 3.92. The maximum Gasteiger partial charge on any atom is 0.414 e. The molecule has 1 atom stereocenters. The molecule has 1 amide bonds. The van der Waals surface area contributed by atoms with Gasteiger partial charge < -0.3 is 4.74 Å². The number of cyclic esters (lactones) is 1. The van der Waals surface area contributed by atoms with Crippen LogP contribution in [0.4, 0.5) is 4.79 Å². The molecular formula is C17H21NO2. The van der Waals surface area contributed by atoms with Gasteiger partial charge in [0.1, 0.15) is 6.61 Å². The van der Waals surface area contributed by atoms with Gasteiger partial charge in [0.2, 0.25) is 0 Å². The van der Waals surface area contributed by atoms with E-state index in [2.05, 4.69) is 31.7 Å². The zero-order valence-corrected chi connectivity index (χ0v) is 11.9. The summed E-state index contributed by atoms with van der Waals surface area (Å²) in [7, 11) is 0. The van der Waals surface area contributed by atoms with Gasteiger partial charge >= 0.3 is 6.09 Å². The molecule has 1 saturated heterocycles. The lowest BCUT2D eigenvalue weighted by atomic mass is 10.1. The van der Waals surface area contributed by atoms with Crippen LogP contribution >= 0.6 is 0 Å². The van der Waals surface area contributed by atoms with Crippen molar-refractivity contribution >= 4 is 6.09 Å². The summed E-state index contributed by atoms with van der Waals surface area (Å²) in [5.41, 5.74) is 2.06. The summed E-state index contributed by atoms with van der Waals surface area (Å²) in [6.45, 7) is 6.36. The third kappa shape index (κ3) is 3.29. The topological polar surface area (TPSA) is 29.5 Å². The molecule has 1 heterocycles. The molecule has 1 aliphatic rings. The van der Waals surface area contributed by atoms with Gasteiger partial charge in [0, 0.05) is 5.70 Å². The number of hydrogen-bond acceptors (Lipinski definition) is 2. The van der Waals surface area contributed by atoms with Crippen LogP contribution < -0.4 is 0 Å². The third-order valence-electron chi connectivity index (χ3n) is 3.40. The Morgan fingerprint density at radius 1 is 1.45 bits per heavy atom. The summed E-state index contributed by atoms with van der Waals surface area (Å²) in [5.74, 6) is 0. The number of nitrogens with zero attached hydrogens (tertiary/aromatic N) is 1. The first kappa shape index (κ1) is 14.4. The zero-order chi connectivity index (χ0) is 14.4. The van der Waals surface area contributed by atoms with Crippen LogP contribution in [0.5, 0.6) is 0 Å². The minimum Gasteiger partial charge on any atom is -0.447 e. The van der Waals surface area contributed by atoms with Crippen molar-refractivity contribution in [2.75, 3.05) is 6.61 Å². The van der Waals surface area contributed by atoms with E-state index >= 15 is 0 Å². The van der Waals surface area contributed by atoms with Crippen molar-refractivity contribution in [3.8, 4) is 0 Å². The molecule has 3 heteroatoms. The fraction of sp³-hybridized carbons (Fsp3) is 0.353. The molecule has 0 spiro atoms. The quantitative estimate of drug-likeness (QED) is 0.734. The predicted molar refractivity (Wildman–Crippen MR) is 80.3 cm³/mol. The number of ether oxygens (including phenoxy) is 1. The first-order valence-electron chi connectivity index (χ1n) is 7.08. The van der Waals surface area contributed by atoms with Crippen molar-refractivity contribution in [1.29, 1.82) is 0 Å². The summed E-state index contributed by atoms with van der Waals surface area (Å²) in [6.07, 6.45) is 6.29. The van der Waals surface area contributed by atoms with Crippen LogP contribution in [0.25, 0.3) is 0 Å². The van der Waals surface area contributed by atoms with E-state index in [-0.39, 0.29) is 12.1 Å². The van der Waals surface area contributed by atoms with Gasteiger partial charge in [0.25, 0.3) is 0 Å². The number of rotatable bonds is 6. The minimum atomic E-state index is -0.270. The smallest absolute Gasteiger partial charge is 0.414 e. The molecule has 0 N–H and O–H groups in total. The van der Waals surface area contributed by atoms with Crippen molar-refractivity contribution in [2.45, 2.75) is 32.2 Å². The van der Waals surface area contributed by atoms with E-state index in [0.717, 1.165) is 25.0 Å². The van der Waals surface area contributed by atoms with E-state index in [9.17, 15) is 4.79 Å². The first-order valence-corrected chi connectivity index (χ1v) is 7.08. The van der Waals surface area contributed by atoms with Crippen molar-refractivity contribution < 1.29 is 9.53 Å². The highest BCUT2D eigenvalue weighted by molar-refractivity contribution is 5.73. The molecule has 106 valence electrons.